The van der Waals surface area contributed by atoms with E-state index in [2.05, 4.69) is 4.72 Å². The number of rotatable bonds is 6. The number of carbonyl (C=O) groups is 1. The highest BCUT2D eigenvalue weighted by Crippen LogP contribution is 2.32. The van der Waals surface area contributed by atoms with Gasteiger partial charge >= 0.3 is 5.97 Å². The van der Waals surface area contributed by atoms with Crippen LogP contribution >= 0.6 is 0 Å². The van der Waals surface area contributed by atoms with Crippen LogP contribution in [0.25, 0.3) is 0 Å². The molecule has 0 bridgehead atoms. The highest BCUT2D eigenvalue weighted by atomic mass is 32.2. The Balaban J connectivity index is 2.46. The van der Waals surface area contributed by atoms with Crippen LogP contribution in [0.4, 0.5) is 5.69 Å². The maximum Gasteiger partial charge on any atom is 0.307 e. The summed E-state index contributed by atoms with van der Waals surface area (Å²) >= 11 is 0. The average Bonchev–Trinajstić information content (AvgIpc) is 2.52. The fourth-order valence-corrected chi connectivity index (χ4v) is 3.58. The Morgan fingerprint density at radius 1 is 1.16 bits per heavy atom. The molecule has 2 rings (SSSR count). The molecule has 2 aromatic rings. The number of nitrogens with one attached hydrogen (secondary N) is 1. The van der Waals surface area contributed by atoms with Crippen molar-refractivity contribution in [1.29, 1.82) is 0 Å². The third-order valence-corrected chi connectivity index (χ3v) is 5.12. The lowest BCUT2D eigenvalue weighted by Crippen LogP contribution is -2.15. The number of hydrogen-bond donors (Lipinski definition) is 3. The summed E-state index contributed by atoms with van der Waals surface area (Å²) in [5, 5.41) is 18.7. The van der Waals surface area contributed by atoms with Crippen molar-refractivity contribution in [1.82, 2.24) is 0 Å². The van der Waals surface area contributed by atoms with E-state index in [1.165, 1.54) is 31.4 Å². The first-order valence-corrected chi connectivity index (χ1v) is 8.84. The standard InChI is InChI=1S/C17H19NO6S/c1-10-6-15(24-3)16(7-11(10)2)25(22,23)18-13-8-12(9-17(20)21)4-5-14(13)19/h4-8,18-19H,9H2,1-3H3,(H,20,21). The summed E-state index contributed by atoms with van der Waals surface area (Å²) in [6, 6.07) is 7.04. The third-order valence-electron chi connectivity index (χ3n) is 3.73. The zero-order valence-corrected chi connectivity index (χ0v) is 14.8. The number of aromatic hydroxyl groups is 1. The first kappa shape index (κ1) is 18.6. The van der Waals surface area contributed by atoms with Crippen LogP contribution in [0.15, 0.2) is 35.2 Å². The minimum Gasteiger partial charge on any atom is -0.506 e. The predicted octanol–water partition coefficient (Wildman–Crippen LogP) is 2.45. The van der Waals surface area contributed by atoms with Gasteiger partial charge in [-0.2, -0.15) is 0 Å². The molecule has 3 N–H and O–H groups in total. The molecule has 0 aromatic heterocycles. The fraction of sp³-hybridized carbons (Fsp3) is 0.235. The van der Waals surface area contributed by atoms with E-state index < -0.39 is 16.0 Å². The lowest BCUT2D eigenvalue weighted by molar-refractivity contribution is -0.136. The largest absolute Gasteiger partial charge is 0.506 e. The zero-order chi connectivity index (χ0) is 18.8. The zero-order valence-electron chi connectivity index (χ0n) is 14.0. The molecule has 25 heavy (non-hydrogen) atoms. The maximum absolute atomic E-state index is 12.7. The first-order chi connectivity index (χ1) is 11.6. The van der Waals surface area contributed by atoms with Gasteiger partial charge in [0.05, 0.1) is 19.2 Å². The van der Waals surface area contributed by atoms with Crippen molar-refractivity contribution in [3.05, 3.63) is 47.0 Å². The molecular formula is C17H19NO6S. The number of anilines is 1. The van der Waals surface area contributed by atoms with Crippen molar-refractivity contribution >= 4 is 21.7 Å². The van der Waals surface area contributed by atoms with Crippen LogP contribution in [0.3, 0.4) is 0 Å². The van der Waals surface area contributed by atoms with E-state index >= 15 is 0 Å². The summed E-state index contributed by atoms with van der Waals surface area (Å²) in [4.78, 5) is 10.7. The number of ether oxygens (including phenoxy) is 1. The van der Waals surface area contributed by atoms with Crippen LogP contribution < -0.4 is 9.46 Å². The van der Waals surface area contributed by atoms with Crippen LogP contribution in [0.1, 0.15) is 16.7 Å². The molecule has 134 valence electrons. The van der Waals surface area contributed by atoms with E-state index in [0.717, 1.165) is 11.1 Å². The monoisotopic (exact) mass is 365 g/mol. The maximum atomic E-state index is 12.7. The number of phenols is 1. The molecule has 0 atom stereocenters. The number of hydrogen-bond acceptors (Lipinski definition) is 5. The van der Waals surface area contributed by atoms with E-state index in [1.54, 1.807) is 13.0 Å². The normalized spacial score (nSPS) is 11.2. The van der Waals surface area contributed by atoms with E-state index in [4.69, 9.17) is 9.84 Å². The Bertz CT molecular complexity index is 921. The molecule has 2 aromatic carbocycles. The molecule has 0 saturated heterocycles. The van der Waals surface area contributed by atoms with Gasteiger partial charge in [0.1, 0.15) is 16.4 Å². The lowest BCUT2D eigenvalue weighted by atomic mass is 10.1. The van der Waals surface area contributed by atoms with Crippen LogP contribution in [-0.2, 0) is 21.2 Å². The van der Waals surface area contributed by atoms with Crippen LogP contribution in [0.2, 0.25) is 0 Å². The Labute approximate surface area is 145 Å². The molecule has 0 heterocycles. The van der Waals surface area contributed by atoms with E-state index in [-0.39, 0.29) is 28.5 Å². The van der Waals surface area contributed by atoms with Gasteiger partial charge in [-0.3, -0.25) is 9.52 Å². The summed E-state index contributed by atoms with van der Waals surface area (Å²) in [5.74, 6) is -1.19. The molecule has 0 saturated carbocycles. The summed E-state index contributed by atoms with van der Waals surface area (Å²) in [6.45, 7) is 3.61. The number of methoxy groups -OCH3 is 1. The Kier molecular flexibility index (Phi) is 5.22. The van der Waals surface area contributed by atoms with Crippen molar-refractivity contribution in [2.75, 3.05) is 11.8 Å². The summed E-state index contributed by atoms with van der Waals surface area (Å²) in [7, 11) is -2.68. The fourth-order valence-electron chi connectivity index (χ4n) is 2.28. The van der Waals surface area contributed by atoms with Crippen molar-refractivity contribution < 1.29 is 28.2 Å². The molecular weight excluding hydrogens is 346 g/mol. The van der Waals surface area contributed by atoms with Crippen LogP contribution in [0.5, 0.6) is 11.5 Å². The van der Waals surface area contributed by atoms with E-state index in [0.29, 0.717) is 5.56 Å². The van der Waals surface area contributed by atoms with Gasteiger partial charge in [-0.05, 0) is 54.8 Å². The second-order valence-electron chi connectivity index (χ2n) is 5.61. The number of benzene rings is 2. The summed E-state index contributed by atoms with van der Waals surface area (Å²) in [6.07, 6.45) is -0.290. The number of sulfonamides is 1. The molecule has 0 aliphatic carbocycles. The topological polar surface area (TPSA) is 113 Å². The number of carboxylic acid groups (broad SMARTS) is 1. The highest BCUT2D eigenvalue weighted by molar-refractivity contribution is 7.92. The van der Waals surface area contributed by atoms with Crippen molar-refractivity contribution in [2.45, 2.75) is 25.2 Å². The predicted molar refractivity (Wildman–Crippen MR) is 92.7 cm³/mol. The van der Waals surface area contributed by atoms with E-state index in [9.17, 15) is 18.3 Å². The smallest absolute Gasteiger partial charge is 0.307 e. The first-order valence-electron chi connectivity index (χ1n) is 7.36. The Morgan fingerprint density at radius 3 is 2.40 bits per heavy atom. The molecule has 0 spiro atoms. The number of carboxylic acids is 1. The van der Waals surface area contributed by atoms with Gasteiger partial charge in [0.2, 0.25) is 0 Å². The number of aliphatic carboxylic acids is 1. The molecule has 0 aliphatic rings. The summed E-state index contributed by atoms with van der Waals surface area (Å²) < 4.78 is 32.9. The second-order valence-corrected chi connectivity index (χ2v) is 7.27. The number of aryl methyl sites for hydroxylation is 2. The second kappa shape index (κ2) is 7.02. The lowest BCUT2D eigenvalue weighted by Gasteiger charge is -2.15. The third kappa shape index (κ3) is 4.21. The molecule has 0 aliphatic heterocycles. The van der Waals surface area contributed by atoms with Crippen LogP contribution in [0, 0.1) is 13.8 Å². The number of phenolic OH excluding ortho intramolecular Hbond substituents is 1. The van der Waals surface area contributed by atoms with Crippen molar-refractivity contribution in [3.63, 3.8) is 0 Å². The quantitative estimate of drug-likeness (QED) is 0.678. The molecule has 0 fully saturated rings. The molecule has 8 heteroatoms. The summed E-state index contributed by atoms with van der Waals surface area (Å²) in [5.41, 5.74) is 1.90. The van der Waals surface area contributed by atoms with Gasteiger partial charge in [0, 0.05) is 0 Å². The Morgan fingerprint density at radius 2 is 1.80 bits per heavy atom. The molecule has 0 unspecified atom stereocenters. The van der Waals surface area contributed by atoms with Crippen molar-refractivity contribution in [2.24, 2.45) is 0 Å². The molecule has 0 amide bonds. The SMILES string of the molecule is COc1cc(C)c(C)cc1S(=O)(=O)Nc1cc(CC(=O)O)ccc1O. The van der Waals surface area contributed by atoms with Gasteiger partial charge in [0.15, 0.2) is 0 Å². The average molecular weight is 365 g/mol. The van der Waals surface area contributed by atoms with Gasteiger partial charge in [-0.25, -0.2) is 8.42 Å². The molecule has 0 radical (unpaired) electrons. The van der Waals surface area contributed by atoms with Gasteiger partial charge in [0.25, 0.3) is 10.0 Å². The van der Waals surface area contributed by atoms with E-state index in [1.807, 2.05) is 6.92 Å². The Hall–Kier alpha value is -2.74. The van der Waals surface area contributed by atoms with Gasteiger partial charge in [-0.1, -0.05) is 6.07 Å². The van der Waals surface area contributed by atoms with Gasteiger partial charge in [-0.15, -0.1) is 0 Å². The highest BCUT2D eigenvalue weighted by Gasteiger charge is 2.22. The van der Waals surface area contributed by atoms with Gasteiger partial charge < -0.3 is 14.9 Å². The molecule has 7 nitrogen and oxygen atoms in total. The van der Waals surface area contributed by atoms with Crippen LogP contribution in [-0.4, -0.2) is 31.7 Å². The minimum absolute atomic E-state index is 0.0684. The van der Waals surface area contributed by atoms with Crippen molar-refractivity contribution in [3.8, 4) is 11.5 Å². The minimum atomic E-state index is -4.05.